The zero-order valence-electron chi connectivity index (χ0n) is 9.95. The molecule has 16 heavy (non-hydrogen) atoms. The maximum absolute atomic E-state index is 11.9. The first-order valence-electron chi connectivity index (χ1n) is 5.95. The first kappa shape index (κ1) is 11.2. The van der Waals surface area contributed by atoms with Gasteiger partial charge in [-0.1, -0.05) is 13.0 Å². The molecule has 0 aromatic heterocycles. The minimum absolute atomic E-state index is 0.101. The van der Waals surface area contributed by atoms with Crippen LogP contribution in [-0.4, -0.2) is 12.9 Å². The van der Waals surface area contributed by atoms with E-state index < -0.39 is 0 Å². The molecule has 2 heteroatoms. The Morgan fingerprint density at radius 1 is 1.50 bits per heavy atom. The van der Waals surface area contributed by atoms with Gasteiger partial charge in [0, 0.05) is 12.3 Å². The molecule has 0 amide bonds. The number of rotatable bonds is 3. The van der Waals surface area contributed by atoms with Crippen molar-refractivity contribution in [2.45, 2.75) is 38.5 Å². The third kappa shape index (κ3) is 1.97. The Morgan fingerprint density at radius 2 is 2.31 bits per heavy atom. The number of methoxy groups -OCH3 is 1. The van der Waals surface area contributed by atoms with E-state index in [1.165, 1.54) is 11.1 Å². The van der Waals surface area contributed by atoms with Crippen LogP contribution in [0.1, 0.15) is 43.2 Å². The summed E-state index contributed by atoms with van der Waals surface area (Å²) in [5.41, 5.74) is 2.51. The standard InChI is InChI=1S/C14H18O2/c1-3-14(15)12-6-4-5-10-7-8-11(16-2)9-13(10)12/h7-9,12H,3-6H2,1-2H3. The summed E-state index contributed by atoms with van der Waals surface area (Å²) in [4.78, 5) is 11.9. The Kier molecular flexibility index (Phi) is 3.28. The van der Waals surface area contributed by atoms with Crippen LogP contribution >= 0.6 is 0 Å². The number of benzene rings is 1. The normalized spacial score (nSPS) is 19.0. The quantitative estimate of drug-likeness (QED) is 0.779. The van der Waals surface area contributed by atoms with Crippen molar-refractivity contribution in [2.24, 2.45) is 0 Å². The average molecular weight is 218 g/mol. The molecule has 1 aromatic carbocycles. The Labute approximate surface area is 96.6 Å². The zero-order chi connectivity index (χ0) is 11.5. The summed E-state index contributed by atoms with van der Waals surface area (Å²) >= 11 is 0. The largest absolute Gasteiger partial charge is 0.497 e. The first-order valence-corrected chi connectivity index (χ1v) is 5.95. The van der Waals surface area contributed by atoms with E-state index in [0.717, 1.165) is 25.0 Å². The zero-order valence-corrected chi connectivity index (χ0v) is 9.95. The van der Waals surface area contributed by atoms with Gasteiger partial charge in [-0.05, 0) is 42.5 Å². The van der Waals surface area contributed by atoms with Crippen LogP contribution in [0.3, 0.4) is 0 Å². The molecule has 1 aliphatic carbocycles. The highest BCUT2D eigenvalue weighted by molar-refractivity contribution is 5.86. The van der Waals surface area contributed by atoms with E-state index >= 15 is 0 Å². The minimum Gasteiger partial charge on any atom is -0.497 e. The number of Topliss-reactive ketones (excluding diaryl/α,β-unsaturated/α-hetero) is 1. The average Bonchev–Trinajstić information content (AvgIpc) is 2.36. The fourth-order valence-electron chi connectivity index (χ4n) is 2.49. The van der Waals surface area contributed by atoms with E-state index in [1.54, 1.807) is 7.11 Å². The Hall–Kier alpha value is -1.31. The van der Waals surface area contributed by atoms with Crippen LogP contribution in [0.25, 0.3) is 0 Å². The highest BCUT2D eigenvalue weighted by Crippen LogP contribution is 2.35. The lowest BCUT2D eigenvalue weighted by Gasteiger charge is -2.24. The fraction of sp³-hybridized carbons (Fsp3) is 0.500. The highest BCUT2D eigenvalue weighted by atomic mass is 16.5. The summed E-state index contributed by atoms with van der Waals surface area (Å²) in [6.07, 6.45) is 3.83. The first-order chi connectivity index (χ1) is 7.76. The molecule has 0 saturated heterocycles. The molecule has 2 nitrogen and oxygen atoms in total. The van der Waals surface area contributed by atoms with E-state index in [0.29, 0.717) is 12.2 Å². The lowest BCUT2D eigenvalue weighted by atomic mass is 9.80. The highest BCUT2D eigenvalue weighted by Gasteiger charge is 2.25. The molecule has 2 rings (SSSR count). The second kappa shape index (κ2) is 4.69. The van der Waals surface area contributed by atoms with E-state index in [9.17, 15) is 4.79 Å². The number of carbonyl (C=O) groups is 1. The Balaban J connectivity index is 2.39. The van der Waals surface area contributed by atoms with E-state index in [4.69, 9.17) is 4.74 Å². The molecule has 0 aliphatic heterocycles. The number of fused-ring (bicyclic) bond motifs is 1. The fourth-order valence-corrected chi connectivity index (χ4v) is 2.49. The molecule has 0 fully saturated rings. The SMILES string of the molecule is CCC(=O)C1CCCc2ccc(OC)cc21. The molecule has 1 aromatic rings. The molecule has 0 spiro atoms. The summed E-state index contributed by atoms with van der Waals surface area (Å²) in [6, 6.07) is 6.12. The predicted octanol–water partition coefficient (Wildman–Crippen LogP) is 3.09. The van der Waals surface area contributed by atoms with Crippen molar-refractivity contribution < 1.29 is 9.53 Å². The third-order valence-electron chi connectivity index (χ3n) is 3.40. The van der Waals surface area contributed by atoms with Crippen molar-refractivity contribution >= 4 is 5.78 Å². The minimum atomic E-state index is 0.101. The van der Waals surface area contributed by atoms with Crippen molar-refractivity contribution in [3.63, 3.8) is 0 Å². The lowest BCUT2D eigenvalue weighted by molar-refractivity contribution is -0.120. The number of carbonyl (C=O) groups excluding carboxylic acids is 1. The van der Waals surface area contributed by atoms with Gasteiger partial charge in [0.2, 0.25) is 0 Å². The van der Waals surface area contributed by atoms with Crippen LogP contribution in [0.2, 0.25) is 0 Å². The van der Waals surface area contributed by atoms with E-state index in [1.807, 2.05) is 19.1 Å². The number of hydrogen-bond acceptors (Lipinski definition) is 2. The van der Waals surface area contributed by atoms with Gasteiger partial charge >= 0.3 is 0 Å². The van der Waals surface area contributed by atoms with Gasteiger partial charge in [-0.25, -0.2) is 0 Å². The Bertz CT molecular complexity index is 396. The summed E-state index contributed by atoms with van der Waals surface area (Å²) < 4.78 is 5.23. The van der Waals surface area contributed by atoms with Crippen molar-refractivity contribution in [3.8, 4) is 5.75 Å². The van der Waals surface area contributed by atoms with E-state index in [2.05, 4.69) is 6.07 Å². The van der Waals surface area contributed by atoms with Crippen LogP contribution in [0, 0.1) is 0 Å². The van der Waals surface area contributed by atoms with E-state index in [-0.39, 0.29) is 5.92 Å². The molecule has 0 saturated carbocycles. The topological polar surface area (TPSA) is 26.3 Å². The van der Waals surface area contributed by atoms with Crippen molar-refractivity contribution in [2.75, 3.05) is 7.11 Å². The molecule has 0 heterocycles. The van der Waals surface area contributed by atoms with Crippen molar-refractivity contribution in [3.05, 3.63) is 29.3 Å². The molecule has 0 bridgehead atoms. The van der Waals surface area contributed by atoms with Crippen LogP contribution in [0.5, 0.6) is 5.75 Å². The summed E-state index contributed by atoms with van der Waals surface area (Å²) in [5.74, 6) is 1.31. The predicted molar refractivity (Wildman–Crippen MR) is 64.0 cm³/mol. The number of ether oxygens (including phenoxy) is 1. The third-order valence-corrected chi connectivity index (χ3v) is 3.40. The van der Waals surface area contributed by atoms with Gasteiger partial charge in [0.1, 0.15) is 11.5 Å². The monoisotopic (exact) mass is 218 g/mol. The molecule has 1 unspecified atom stereocenters. The van der Waals surface area contributed by atoms with Crippen LogP contribution < -0.4 is 4.74 Å². The molecular formula is C14H18O2. The van der Waals surface area contributed by atoms with Crippen LogP contribution in [0.15, 0.2) is 18.2 Å². The number of aryl methyl sites for hydroxylation is 1. The molecule has 0 N–H and O–H groups in total. The number of ketones is 1. The second-order valence-corrected chi connectivity index (χ2v) is 4.33. The summed E-state index contributed by atoms with van der Waals surface area (Å²) in [6.45, 7) is 1.94. The Morgan fingerprint density at radius 3 is 3.00 bits per heavy atom. The second-order valence-electron chi connectivity index (χ2n) is 4.33. The molecule has 1 aliphatic rings. The molecule has 1 atom stereocenters. The van der Waals surface area contributed by atoms with Gasteiger partial charge in [0.05, 0.1) is 7.11 Å². The van der Waals surface area contributed by atoms with Crippen molar-refractivity contribution in [1.29, 1.82) is 0 Å². The van der Waals surface area contributed by atoms with Crippen LogP contribution in [-0.2, 0) is 11.2 Å². The molecular weight excluding hydrogens is 200 g/mol. The van der Waals surface area contributed by atoms with Gasteiger partial charge in [-0.2, -0.15) is 0 Å². The lowest BCUT2D eigenvalue weighted by Crippen LogP contribution is -2.17. The summed E-state index contributed by atoms with van der Waals surface area (Å²) in [7, 11) is 1.67. The van der Waals surface area contributed by atoms with Crippen LogP contribution in [0.4, 0.5) is 0 Å². The summed E-state index contributed by atoms with van der Waals surface area (Å²) in [5, 5.41) is 0. The van der Waals surface area contributed by atoms with Gasteiger partial charge in [0.15, 0.2) is 0 Å². The molecule has 0 radical (unpaired) electrons. The van der Waals surface area contributed by atoms with Crippen molar-refractivity contribution in [1.82, 2.24) is 0 Å². The van der Waals surface area contributed by atoms with Gasteiger partial charge in [0.25, 0.3) is 0 Å². The van der Waals surface area contributed by atoms with Gasteiger partial charge in [-0.3, -0.25) is 4.79 Å². The number of hydrogen-bond donors (Lipinski definition) is 0. The maximum atomic E-state index is 11.9. The van der Waals surface area contributed by atoms with Gasteiger partial charge < -0.3 is 4.74 Å². The smallest absolute Gasteiger partial charge is 0.140 e. The van der Waals surface area contributed by atoms with Gasteiger partial charge in [-0.15, -0.1) is 0 Å². The maximum Gasteiger partial charge on any atom is 0.140 e. The molecule has 86 valence electrons.